The molecule has 0 radical (unpaired) electrons. The molecular weight excluding hydrogens is 350 g/mol. The fourth-order valence-electron chi connectivity index (χ4n) is 4.23. The number of hydrogen-bond acceptors (Lipinski definition) is 4. The van der Waals surface area contributed by atoms with Crippen LogP contribution in [0, 0.1) is 6.92 Å². The highest BCUT2D eigenvalue weighted by molar-refractivity contribution is 5.69. The summed E-state index contributed by atoms with van der Waals surface area (Å²) in [5, 5.41) is 18.1. The number of H-pyrrole nitrogens is 1. The minimum Gasteiger partial charge on any atom is -0.504 e. The van der Waals surface area contributed by atoms with Crippen LogP contribution in [0.25, 0.3) is 11.1 Å². The number of nitrogens with one attached hydrogen (secondary N) is 1. The van der Waals surface area contributed by atoms with Gasteiger partial charge in [-0.05, 0) is 43.5 Å². The zero-order valence-electron chi connectivity index (χ0n) is 16.5. The summed E-state index contributed by atoms with van der Waals surface area (Å²) in [6.07, 6.45) is 4.22. The SMILES string of the molecule is COc1cccc(CN2CCCC(c3[nH]ncc3-c3ccccc3C)C2)c1O. The lowest BCUT2D eigenvalue weighted by molar-refractivity contribution is 0.196. The Balaban J connectivity index is 1.54. The molecule has 1 unspecified atom stereocenters. The summed E-state index contributed by atoms with van der Waals surface area (Å²) in [6, 6.07) is 14.1. The molecule has 0 spiro atoms. The molecule has 0 amide bonds. The van der Waals surface area contributed by atoms with E-state index >= 15 is 0 Å². The fourth-order valence-corrected chi connectivity index (χ4v) is 4.23. The van der Waals surface area contributed by atoms with Gasteiger partial charge in [-0.25, -0.2) is 0 Å². The largest absolute Gasteiger partial charge is 0.504 e. The van der Waals surface area contributed by atoms with Gasteiger partial charge in [-0.2, -0.15) is 5.10 Å². The van der Waals surface area contributed by atoms with Crippen molar-refractivity contribution in [2.75, 3.05) is 20.2 Å². The molecular formula is C23H27N3O2. The molecule has 1 aliphatic rings. The van der Waals surface area contributed by atoms with Crippen LogP contribution < -0.4 is 4.74 Å². The maximum absolute atomic E-state index is 10.4. The Bertz CT molecular complexity index is 951. The molecule has 1 aromatic heterocycles. The summed E-state index contributed by atoms with van der Waals surface area (Å²) in [5.74, 6) is 1.18. The van der Waals surface area contributed by atoms with Gasteiger partial charge in [-0.3, -0.25) is 10.00 Å². The van der Waals surface area contributed by atoms with Gasteiger partial charge in [-0.15, -0.1) is 0 Å². The number of benzene rings is 2. The van der Waals surface area contributed by atoms with Crippen LogP contribution in [-0.2, 0) is 6.54 Å². The highest BCUT2D eigenvalue weighted by Gasteiger charge is 2.26. The molecule has 2 aromatic carbocycles. The van der Waals surface area contributed by atoms with Crippen molar-refractivity contribution in [3.05, 3.63) is 65.5 Å². The van der Waals surface area contributed by atoms with E-state index in [0.717, 1.165) is 31.5 Å². The molecule has 1 aliphatic heterocycles. The summed E-state index contributed by atoms with van der Waals surface area (Å²) >= 11 is 0. The van der Waals surface area contributed by atoms with Crippen LogP contribution in [0.3, 0.4) is 0 Å². The van der Waals surface area contributed by atoms with E-state index in [9.17, 15) is 5.11 Å². The Morgan fingerprint density at radius 1 is 1.18 bits per heavy atom. The second-order valence-electron chi connectivity index (χ2n) is 7.55. The molecule has 0 bridgehead atoms. The van der Waals surface area contributed by atoms with Crippen molar-refractivity contribution in [3.63, 3.8) is 0 Å². The first-order valence-corrected chi connectivity index (χ1v) is 9.84. The minimum atomic E-state index is 0.245. The quantitative estimate of drug-likeness (QED) is 0.688. The molecule has 1 atom stereocenters. The molecule has 1 saturated heterocycles. The van der Waals surface area contributed by atoms with Gasteiger partial charge < -0.3 is 9.84 Å². The predicted molar refractivity (Wildman–Crippen MR) is 111 cm³/mol. The zero-order chi connectivity index (χ0) is 19.5. The molecule has 146 valence electrons. The molecule has 0 saturated carbocycles. The van der Waals surface area contributed by atoms with Crippen LogP contribution in [0.1, 0.15) is 35.6 Å². The van der Waals surface area contributed by atoms with E-state index in [1.54, 1.807) is 13.2 Å². The van der Waals surface area contributed by atoms with Gasteiger partial charge in [-0.1, -0.05) is 36.4 Å². The predicted octanol–water partition coefficient (Wildman–Crippen LogP) is 4.48. The molecule has 1 fully saturated rings. The lowest BCUT2D eigenvalue weighted by Crippen LogP contribution is -2.34. The van der Waals surface area contributed by atoms with Crippen molar-refractivity contribution in [2.24, 2.45) is 0 Å². The maximum atomic E-state index is 10.4. The number of phenolic OH excluding ortho intramolecular Hbond substituents is 1. The van der Waals surface area contributed by atoms with Crippen LogP contribution >= 0.6 is 0 Å². The first-order valence-electron chi connectivity index (χ1n) is 9.84. The highest BCUT2D eigenvalue weighted by Crippen LogP contribution is 2.36. The number of phenols is 1. The normalized spacial score (nSPS) is 17.6. The van der Waals surface area contributed by atoms with Crippen LogP contribution in [-0.4, -0.2) is 40.4 Å². The van der Waals surface area contributed by atoms with Crippen LogP contribution in [0.4, 0.5) is 0 Å². The van der Waals surface area contributed by atoms with Crippen molar-refractivity contribution in [1.29, 1.82) is 0 Å². The van der Waals surface area contributed by atoms with Crippen LogP contribution in [0.5, 0.6) is 11.5 Å². The van der Waals surface area contributed by atoms with Crippen LogP contribution in [0.15, 0.2) is 48.7 Å². The van der Waals surface area contributed by atoms with E-state index < -0.39 is 0 Å². The number of aromatic nitrogens is 2. The third-order valence-corrected chi connectivity index (χ3v) is 5.71. The second kappa shape index (κ2) is 8.07. The van der Waals surface area contributed by atoms with Gasteiger partial charge in [0, 0.05) is 35.8 Å². The molecule has 5 heteroatoms. The number of aromatic amines is 1. The van der Waals surface area contributed by atoms with Crippen molar-refractivity contribution < 1.29 is 9.84 Å². The minimum absolute atomic E-state index is 0.245. The van der Waals surface area contributed by atoms with Gasteiger partial charge in [0.1, 0.15) is 0 Å². The van der Waals surface area contributed by atoms with Crippen LogP contribution in [0.2, 0.25) is 0 Å². The van der Waals surface area contributed by atoms with E-state index in [1.165, 1.54) is 22.4 Å². The summed E-state index contributed by atoms with van der Waals surface area (Å²) in [6.45, 7) is 4.83. The van der Waals surface area contributed by atoms with Crippen molar-refractivity contribution in [1.82, 2.24) is 15.1 Å². The molecule has 0 aliphatic carbocycles. The number of methoxy groups -OCH3 is 1. The van der Waals surface area contributed by atoms with Crippen molar-refractivity contribution in [2.45, 2.75) is 32.2 Å². The number of likely N-dealkylation sites (tertiary alicyclic amines) is 1. The molecule has 28 heavy (non-hydrogen) atoms. The first-order chi connectivity index (χ1) is 13.7. The Kier molecular flexibility index (Phi) is 5.35. The Hall–Kier alpha value is -2.79. The number of aromatic hydroxyl groups is 1. The number of aryl methyl sites for hydroxylation is 1. The van der Waals surface area contributed by atoms with E-state index in [2.05, 4.69) is 46.3 Å². The third kappa shape index (κ3) is 3.62. The summed E-state index contributed by atoms with van der Waals surface area (Å²) in [4.78, 5) is 2.41. The van der Waals surface area contributed by atoms with E-state index in [4.69, 9.17) is 4.74 Å². The maximum Gasteiger partial charge on any atom is 0.162 e. The fraction of sp³-hybridized carbons (Fsp3) is 0.348. The van der Waals surface area contributed by atoms with E-state index in [1.807, 2.05) is 18.3 Å². The molecule has 3 aromatic rings. The number of hydrogen-bond donors (Lipinski definition) is 2. The number of piperidine rings is 1. The van der Waals surface area contributed by atoms with E-state index in [-0.39, 0.29) is 5.75 Å². The first kappa shape index (κ1) is 18.6. The van der Waals surface area contributed by atoms with E-state index in [0.29, 0.717) is 18.2 Å². The number of ether oxygens (including phenoxy) is 1. The Morgan fingerprint density at radius 3 is 2.86 bits per heavy atom. The molecule has 2 N–H and O–H groups in total. The summed E-state index contributed by atoms with van der Waals surface area (Å²) in [7, 11) is 1.58. The lowest BCUT2D eigenvalue weighted by atomic mass is 9.89. The number of rotatable bonds is 5. The number of nitrogens with zero attached hydrogens (tertiary/aromatic N) is 2. The summed E-state index contributed by atoms with van der Waals surface area (Å²) in [5.41, 5.74) is 5.83. The zero-order valence-corrected chi connectivity index (χ0v) is 16.5. The average molecular weight is 377 g/mol. The van der Waals surface area contributed by atoms with Gasteiger partial charge in [0.15, 0.2) is 11.5 Å². The molecule has 2 heterocycles. The van der Waals surface area contributed by atoms with Crippen molar-refractivity contribution >= 4 is 0 Å². The van der Waals surface area contributed by atoms with Gasteiger partial charge >= 0.3 is 0 Å². The molecule has 4 rings (SSSR count). The molecule has 5 nitrogen and oxygen atoms in total. The smallest absolute Gasteiger partial charge is 0.162 e. The van der Waals surface area contributed by atoms with Gasteiger partial charge in [0.05, 0.1) is 13.3 Å². The van der Waals surface area contributed by atoms with Gasteiger partial charge in [0.25, 0.3) is 0 Å². The monoisotopic (exact) mass is 377 g/mol. The van der Waals surface area contributed by atoms with Crippen molar-refractivity contribution in [3.8, 4) is 22.6 Å². The summed E-state index contributed by atoms with van der Waals surface area (Å²) < 4.78 is 5.25. The average Bonchev–Trinajstić information content (AvgIpc) is 3.20. The number of para-hydroxylation sites is 1. The second-order valence-corrected chi connectivity index (χ2v) is 7.55. The highest BCUT2D eigenvalue weighted by atomic mass is 16.5. The Labute approximate surface area is 166 Å². The standard InChI is InChI=1S/C23H27N3O2/c1-16-7-3-4-10-19(16)20-13-24-25-22(20)17-9-6-12-26(14-17)15-18-8-5-11-21(28-2)23(18)27/h3-5,7-8,10-11,13,17,27H,6,9,12,14-15H2,1-2H3,(H,24,25). The van der Waals surface area contributed by atoms with Gasteiger partial charge in [0.2, 0.25) is 0 Å². The lowest BCUT2D eigenvalue weighted by Gasteiger charge is -2.33. The third-order valence-electron chi connectivity index (χ3n) is 5.71. The topological polar surface area (TPSA) is 61.4 Å². The Morgan fingerprint density at radius 2 is 2.04 bits per heavy atom.